The third kappa shape index (κ3) is 4.62. The smallest absolute Gasteiger partial charge is 0.238 e. The number of primary sulfonamides is 1. The van der Waals surface area contributed by atoms with Crippen molar-refractivity contribution in [2.24, 2.45) is 5.14 Å². The monoisotopic (exact) mass is 404 g/mol. The van der Waals surface area contributed by atoms with Gasteiger partial charge in [0.2, 0.25) is 15.9 Å². The summed E-state index contributed by atoms with van der Waals surface area (Å²) in [4.78, 5) is 18.7. The molecule has 0 aliphatic heterocycles. The fourth-order valence-corrected chi connectivity index (χ4v) is 4.15. The molecule has 1 aromatic heterocycles. The van der Waals surface area contributed by atoms with Crippen LogP contribution >= 0.6 is 11.3 Å². The maximum Gasteiger partial charge on any atom is 0.238 e. The second-order valence-electron chi connectivity index (χ2n) is 6.24. The Balaban J connectivity index is 1.74. The van der Waals surface area contributed by atoms with Gasteiger partial charge in [-0.3, -0.25) is 4.79 Å². The Hall–Kier alpha value is -2.49. The quantitative estimate of drug-likeness (QED) is 0.657. The third-order valence-electron chi connectivity index (χ3n) is 3.96. The number of nitrogens with one attached hydrogen (secondary N) is 1. The number of aromatic nitrogens is 1. The van der Waals surface area contributed by atoms with E-state index in [0.29, 0.717) is 17.8 Å². The van der Waals surface area contributed by atoms with Gasteiger partial charge in [-0.25, -0.2) is 18.5 Å². The minimum atomic E-state index is -3.85. The van der Waals surface area contributed by atoms with Crippen LogP contribution in [-0.4, -0.2) is 33.4 Å². The van der Waals surface area contributed by atoms with E-state index in [4.69, 9.17) is 5.14 Å². The molecule has 0 saturated carbocycles. The predicted octanol–water partition coefficient (Wildman–Crippen LogP) is 2.58. The zero-order valence-electron chi connectivity index (χ0n) is 15.0. The number of nitrogens with zero attached hydrogens (tertiary/aromatic N) is 2. The van der Waals surface area contributed by atoms with Crippen molar-refractivity contribution in [2.45, 2.75) is 17.7 Å². The summed E-state index contributed by atoms with van der Waals surface area (Å²) in [6, 6.07) is 12.2. The molecule has 7 nitrogen and oxygen atoms in total. The van der Waals surface area contributed by atoms with Crippen molar-refractivity contribution in [2.75, 3.05) is 24.3 Å². The molecule has 3 aromatic rings. The van der Waals surface area contributed by atoms with Crippen LogP contribution in [0.2, 0.25) is 0 Å². The van der Waals surface area contributed by atoms with Crippen LogP contribution in [0.15, 0.2) is 47.4 Å². The summed E-state index contributed by atoms with van der Waals surface area (Å²) >= 11 is 1.56. The number of amides is 1. The van der Waals surface area contributed by atoms with Gasteiger partial charge < -0.3 is 10.2 Å². The highest BCUT2D eigenvalue weighted by Crippen LogP contribution is 2.28. The lowest BCUT2D eigenvalue weighted by atomic mass is 10.2. The van der Waals surface area contributed by atoms with Gasteiger partial charge in [-0.1, -0.05) is 12.1 Å². The number of thiazole rings is 1. The Morgan fingerprint density at radius 2 is 1.96 bits per heavy atom. The summed E-state index contributed by atoms with van der Waals surface area (Å²) in [6.07, 6.45) is 0.754. The molecule has 0 aliphatic rings. The Morgan fingerprint density at radius 3 is 2.63 bits per heavy atom. The zero-order valence-corrected chi connectivity index (χ0v) is 16.6. The highest BCUT2D eigenvalue weighted by Gasteiger charge is 2.15. The lowest BCUT2D eigenvalue weighted by Crippen LogP contribution is -2.19. The first-order chi connectivity index (χ1) is 12.7. The average molecular weight is 405 g/mol. The zero-order chi connectivity index (χ0) is 19.6. The highest BCUT2D eigenvalue weighted by molar-refractivity contribution is 7.89. The molecule has 1 heterocycles. The molecule has 0 spiro atoms. The van der Waals surface area contributed by atoms with E-state index < -0.39 is 10.0 Å². The SMILES string of the molecule is CN(C)c1ccc(S(N)(=O)=O)cc1NC(=O)CCc1nc2ccccc2s1. The summed E-state index contributed by atoms with van der Waals surface area (Å²) in [6.45, 7) is 0. The van der Waals surface area contributed by atoms with Crippen molar-refractivity contribution in [3.63, 3.8) is 0 Å². The second kappa shape index (κ2) is 7.63. The number of rotatable bonds is 6. The summed E-state index contributed by atoms with van der Waals surface area (Å²) in [5.74, 6) is -0.219. The van der Waals surface area contributed by atoms with E-state index in [-0.39, 0.29) is 17.2 Å². The molecule has 9 heteroatoms. The van der Waals surface area contributed by atoms with Crippen LogP contribution in [0, 0.1) is 0 Å². The Kier molecular flexibility index (Phi) is 5.45. The molecule has 2 aromatic carbocycles. The van der Waals surface area contributed by atoms with Gasteiger partial charge in [-0.15, -0.1) is 11.3 Å². The van der Waals surface area contributed by atoms with E-state index in [2.05, 4.69) is 10.3 Å². The number of nitrogens with two attached hydrogens (primary N) is 1. The van der Waals surface area contributed by atoms with Crippen LogP contribution in [0.1, 0.15) is 11.4 Å². The number of benzene rings is 2. The molecule has 0 radical (unpaired) electrons. The number of fused-ring (bicyclic) bond motifs is 1. The van der Waals surface area contributed by atoms with E-state index >= 15 is 0 Å². The third-order valence-corrected chi connectivity index (χ3v) is 5.96. The van der Waals surface area contributed by atoms with Gasteiger partial charge in [0.1, 0.15) is 0 Å². The molecule has 142 valence electrons. The van der Waals surface area contributed by atoms with Crippen molar-refractivity contribution in [1.82, 2.24) is 4.98 Å². The van der Waals surface area contributed by atoms with Crippen LogP contribution < -0.4 is 15.4 Å². The van der Waals surface area contributed by atoms with Gasteiger partial charge in [-0.05, 0) is 30.3 Å². The fraction of sp³-hybridized carbons (Fsp3) is 0.222. The normalized spacial score (nSPS) is 11.5. The number of carbonyl (C=O) groups excluding carboxylic acids is 1. The van der Waals surface area contributed by atoms with Crippen LogP contribution in [-0.2, 0) is 21.2 Å². The molecule has 1 amide bonds. The summed E-state index contributed by atoms with van der Waals surface area (Å²) in [5, 5.41) is 8.86. The Bertz CT molecular complexity index is 1060. The maximum absolute atomic E-state index is 12.4. The van der Waals surface area contributed by atoms with Crippen LogP contribution in [0.3, 0.4) is 0 Å². The first-order valence-corrected chi connectivity index (χ1v) is 10.6. The molecule has 0 bridgehead atoms. The van der Waals surface area contributed by atoms with E-state index in [1.165, 1.54) is 12.1 Å². The lowest BCUT2D eigenvalue weighted by Gasteiger charge is -2.18. The number of hydrogen-bond acceptors (Lipinski definition) is 6. The van der Waals surface area contributed by atoms with Crippen LogP contribution in [0.25, 0.3) is 10.2 Å². The van der Waals surface area contributed by atoms with Gasteiger partial charge in [0.15, 0.2) is 0 Å². The molecule has 0 fully saturated rings. The lowest BCUT2D eigenvalue weighted by molar-refractivity contribution is -0.116. The second-order valence-corrected chi connectivity index (χ2v) is 8.92. The topological polar surface area (TPSA) is 105 Å². The number of carbonyl (C=O) groups is 1. The molecule has 0 atom stereocenters. The molecule has 27 heavy (non-hydrogen) atoms. The van der Waals surface area contributed by atoms with Gasteiger partial charge in [0, 0.05) is 26.9 Å². The number of sulfonamides is 1. The minimum Gasteiger partial charge on any atom is -0.376 e. The van der Waals surface area contributed by atoms with Crippen molar-refractivity contribution in [3.05, 3.63) is 47.5 Å². The molecular weight excluding hydrogens is 384 g/mol. The van der Waals surface area contributed by atoms with Crippen molar-refractivity contribution >= 4 is 48.9 Å². The minimum absolute atomic E-state index is 0.0467. The molecular formula is C18H20N4O3S2. The maximum atomic E-state index is 12.4. The first-order valence-electron chi connectivity index (χ1n) is 8.22. The molecule has 0 unspecified atom stereocenters. The van der Waals surface area contributed by atoms with E-state index in [0.717, 1.165) is 15.2 Å². The number of aryl methyl sites for hydroxylation is 1. The number of hydrogen-bond donors (Lipinski definition) is 2. The fourth-order valence-electron chi connectivity index (χ4n) is 2.64. The van der Waals surface area contributed by atoms with Gasteiger partial charge in [-0.2, -0.15) is 0 Å². The van der Waals surface area contributed by atoms with E-state index in [1.54, 1.807) is 22.3 Å². The first kappa shape index (κ1) is 19.3. The van der Waals surface area contributed by atoms with Gasteiger partial charge in [0.05, 0.1) is 31.5 Å². The van der Waals surface area contributed by atoms with Crippen LogP contribution in [0.4, 0.5) is 11.4 Å². The molecule has 0 saturated heterocycles. The van der Waals surface area contributed by atoms with Crippen molar-refractivity contribution < 1.29 is 13.2 Å². The molecule has 3 N–H and O–H groups in total. The Labute approximate surface area is 161 Å². The molecule has 3 rings (SSSR count). The van der Waals surface area contributed by atoms with E-state index in [1.807, 2.05) is 38.4 Å². The summed E-state index contributed by atoms with van der Waals surface area (Å²) in [7, 11) is -0.235. The van der Waals surface area contributed by atoms with Crippen molar-refractivity contribution in [3.8, 4) is 0 Å². The van der Waals surface area contributed by atoms with Crippen molar-refractivity contribution in [1.29, 1.82) is 0 Å². The Morgan fingerprint density at radius 1 is 1.22 bits per heavy atom. The molecule has 0 aliphatic carbocycles. The van der Waals surface area contributed by atoms with Gasteiger partial charge in [0.25, 0.3) is 0 Å². The highest BCUT2D eigenvalue weighted by atomic mass is 32.2. The van der Waals surface area contributed by atoms with E-state index in [9.17, 15) is 13.2 Å². The standard InChI is InChI=1S/C18H20N4O3S2/c1-22(2)15-8-7-12(27(19,24)25)11-14(15)20-17(23)9-10-18-21-13-5-3-4-6-16(13)26-18/h3-8,11H,9-10H2,1-2H3,(H,20,23)(H2,19,24,25). The average Bonchev–Trinajstić information content (AvgIpc) is 3.02. The van der Waals surface area contributed by atoms with Gasteiger partial charge >= 0.3 is 0 Å². The predicted molar refractivity (Wildman–Crippen MR) is 109 cm³/mol. The number of para-hydroxylation sites is 1. The summed E-state index contributed by atoms with van der Waals surface area (Å²) < 4.78 is 24.3. The summed E-state index contributed by atoms with van der Waals surface area (Å²) in [5.41, 5.74) is 2.02. The van der Waals surface area contributed by atoms with Crippen LogP contribution in [0.5, 0.6) is 0 Å². The number of anilines is 2. The largest absolute Gasteiger partial charge is 0.376 e.